The third-order valence-electron chi connectivity index (χ3n) is 3.04. The van der Waals surface area contributed by atoms with Crippen molar-refractivity contribution in [3.63, 3.8) is 0 Å². The van der Waals surface area contributed by atoms with E-state index in [4.69, 9.17) is 10.2 Å². The maximum absolute atomic E-state index is 13.1. The van der Waals surface area contributed by atoms with Gasteiger partial charge < -0.3 is 10.2 Å². The van der Waals surface area contributed by atoms with Crippen LogP contribution in [0.5, 0.6) is 5.75 Å². The standard InChI is InChI=1S/C12H14FNO3/c13-10-5-8(1-2-11(10)15)6-14-4-3-9(7-14)12(16)17/h1-2,5,9,15H,3-4,6-7H2,(H,16,17). The van der Waals surface area contributed by atoms with E-state index in [1.54, 1.807) is 6.07 Å². The van der Waals surface area contributed by atoms with Crippen LogP contribution in [0.25, 0.3) is 0 Å². The Hall–Kier alpha value is -1.62. The molecule has 0 saturated carbocycles. The fraction of sp³-hybridized carbons (Fsp3) is 0.417. The van der Waals surface area contributed by atoms with Crippen molar-refractivity contribution in [2.45, 2.75) is 13.0 Å². The Morgan fingerprint density at radius 1 is 1.53 bits per heavy atom. The van der Waals surface area contributed by atoms with Crippen LogP contribution >= 0.6 is 0 Å². The summed E-state index contributed by atoms with van der Waals surface area (Å²) in [6.45, 7) is 1.72. The number of carboxylic acids is 1. The van der Waals surface area contributed by atoms with Crippen molar-refractivity contribution in [1.29, 1.82) is 0 Å². The van der Waals surface area contributed by atoms with Crippen LogP contribution < -0.4 is 0 Å². The predicted octanol–water partition coefficient (Wildman–Crippen LogP) is 1.44. The van der Waals surface area contributed by atoms with Gasteiger partial charge in [-0.1, -0.05) is 6.07 Å². The first kappa shape index (κ1) is 11.9. The second-order valence-electron chi connectivity index (χ2n) is 4.34. The summed E-state index contributed by atoms with van der Waals surface area (Å²) >= 11 is 0. The minimum atomic E-state index is -0.774. The molecule has 92 valence electrons. The molecule has 2 rings (SSSR count). The summed E-state index contributed by atoms with van der Waals surface area (Å²) in [6, 6.07) is 4.24. The van der Waals surface area contributed by atoms with E-state index in [1.807, 2.05) is 4.90 Å². The number of rotatable bonds is 3. The fourth-order valence-electron chi connectivity index (χ4n) is 2.08. The van der Waals surface area contributed by atoms with Crippen molar-refractivity contribution in [3.8, 4) is 5.75 Å². The molecule has 1 unspecified atom stereocenters. The van der Waals surface area contributed by atoms with Gasteiger partial charge in [0.05, 0.1) is 5.92 Å². The van der Waals surface area contributed by atoms with Crippen LogP contribution in [0.1, 0.15) is 12.0 Å². The Morgan fingerprint density at radius 2 is 2.29 bits per heavy atom. The molecule has 0 amide bonds. The largest absolute Gasteiger partial charge is 0.505 e. The number of phenolic OH excluding ortho intramolecular Hbond substituents is 1. The number of carbonyl (C=O) groups is 1. The quantitative estimate of drug-likeness (QED) is 0.837. The molecule has 1 aliphatic heterocycles. The molecule has 1 fully saturated rings. The summed E-state index contributed by atoms with van der Waals surface area (Å²) < 4.78 is 13.1. The van der Waals surface area contributed by atoms with Crippen molar-refractivity contribution < 1.29 is 19.4 Å². The number of carboxylic acid groups (broad SMARTS) is 1. The minimum absolute atomic E-state index is 0.322. The lowest BCUT2D eigenvalue weighted by Crippen LogP contribution is -2.22. The van der Waals surface area contributed by atoms with E-state index in [2.05, 4.69) is 0 Å². The van der Waals surface area contributed by atoms with Gasteiger partial charge >= 0.3 is 5.97 Å². The van der Waals surface area contributed by atoms with Gasteiger partial charge in [0, 0.05) is 13.1 Å². The lowest BCUT2D eigenvalue weighted by molar-refractivity contribution is -0.141. The first-order valence-corrected chi connectivity index (χ1v) is 5.49. The molecule has 0 spiro atoms. The topological polar surface area (TPSA) is 60.8 Å². The molecule has 1 aromatic rings. The zero-order valence-electron chi connectivity index (χ0n) is 9.27. The monoisotopic (exact) mass is 239 g/mol. The number of hydrogen-bond donors (Lipinski definition) is 2. The van der Waals surface area contributed by atoms with E-state index in [-0.39, 0.29) is 11.7 Å². The van der Waals surface area contributed by atoms with Gasteiger partial charge in [-0.3, -0.25) is 9.69 Å². The van der Waals surface area contributed by atoms with Crippen LogP contribution in [0.4, 0.5) is 4.39 Å². The molecule has 0 aliphatic carbocycles. The van der Waals surface area contributed by atoms with E-state index in [0.29, 0.717) is 26.1 Å². The molecule has 17 heavy (non-hydrogen) atoms. The van der Waals surface area contributed by atoms with Gasteiger partial charge in [0.2, 0.25) is 0 Å². The molecular formula is C12H14FNO3. The molecule has 0 radical (unpaired) electrons. The fourth-order valence-corrected chi connectivity index (χ4v) is 2.08. The van der Waals surface area contributed by atoms with Crippen molar-refractivity contribution in [3.05, 3.63) is 29.6 Å². The average molecular weight is 239 g/mol. The summed E-state index contributed by atoms with van der Waals surface area (Å²) in [4.78, 5) is 12.8. The summed E-state index contributed by atoms with van der Waals surface area (Å²) in [7, 11) is 0. The number of aromatic hydroxyl groups is 1. The van der Waals surface area contributed by atoms with E-state index in [1.165, 1.54) is 12.1 Å². The predicted molar refractivity (Wildman–Crippen MR) is 59.1 cm³/mol. The molecule has 0 bridgehead atoms. The number of phenols is 1. The third kappa shape index (κ3) is 2.74. The van der Waals surface area contributed by atoms with Gasteiger partial charge in [0.15, 0.2) is 11.6 Å². The number of nitrogens with zero attached hydrogens (tertiary/aromatic N) is 1. The Morgan fingerprint density at radius 3 is 2.88 bits per heavy atom. The van der Waals surface area contributed by atoms with Gasteiger partial charge in [-0.05, 0) is 30.7 Å². The molecule has 4 nitrogen and oxygen atoms in total. The van der Waals surface area contributed by atoms with Crippen LogP contribution in [0.3, 0.4) is 0 Å². The normalized spacial score (nSPS) is 20.6. The highest BCUT2D eigenvalue weighted by Crippen LogP contribution is 2.21. The maximum Gasteiger partial charge on any atom is 0.307 e. The molecular weight excluding hydrogens is 225 g/mol. The number of halogens is 1. The second kappa shape index (κ2) is 4.71. The molecule has 5 heteroatoms. The van der Waals surface area contributed by atoms with Crippen LogP contribution in [0.15, 0.2) is 18.2 Å². The average Bonchev–Trinajstić information content (AvgIpc) is 2.72. The molecule has 1 atom stereocenters. The molecule has 1 heterocycles. The van der Waals surface area contributed by atoms with E-state index in [0.717, 1.165) is 5.56 Å². The van der Waals surface area contributed by atoms with Crippen molar-refractivity contribution in [2.24, 2.45) is 5.92 Å². The summed E-state index contributed by atoms with van der Waals surface area (Å²) in [5.41, 5.74) is 0.742. The first-order valence-electron chi connectivity index (χ1n) is 5.49. The Balaban J connectivity index is 1.98. The lowest BCUT2D eigenvalue weighted by Gasteiger charge is -2.15. The third-order valence-corrected chi connectivity index (χ3v) is 3.04. The molecule has 1 aromatic carbocycles. The van der Waals surface area contributed by atoms with Gasteiger partial charge in [-0.25, -0.2) is 4.39 Å². The highest BCUT2D eigenvalue weighted by atomic mass is 19.1. The smallest absolute Gasteiger partial charge is 0.307 e. The van der Waals surface area contributed by atoms with Crippen LogP contribution in [-0.4, -0.2) is 34.2 Å². The van der Waals surface area contributed by atoms with E-state index >= 15 is 0 Å². The zero-order valence-corrected chi connectivity index (χ0v) is 9.27. The van der Waals surface area contributed by atoms with Crippen molar-refractivity contribution in [2.75, 3.05) is 13.1 Å². The Kier molecular flexibility index (Phi) is 3.28. The Bertz CT molecular complexity index is 436. The highest BCUT2D eigenvalue weighted by molar-refractivity contribution is 5.70. The zero-order chi connectivity index (χ0) is 12.4. The van der Waals surface area contributed by atoms with Gasteiger partial charge in [0.25, 0.3) is 0 Å². The molecule has 1 saturated heterocycles. The van der Waals surface area contributed by atoms with E-state index < -0.39 is 11.8 Å². The van der Waals surface area contributed by atoms with E-state index in [9.17, 15) is 9.18 Å². The van der Waals surface area contributed by atoms with Crippen molar-refractivity contribution >= 4 is 5.97 Å². The van der Waals surface area contributed by atoms with Crippen molar-refractivity contribution in [1.82, 2.24) is 4.90 Å². The second-order valence-corrected chi connectivity index (χ2v) is 4.34. The van der Waals surface area contributed by atoms with Crippen LogP contribution in [0, 0.1) is 11.7 Å². The minimum Gasteiger partial charge on any atom is -0.505 e. The Labute approximate surface area is 98.3 Å². The number of aliphatic carboxylic acids is 1. The maximum atomic E-state index is 13.1. The molecule has 2 N–H and O–H groups in total. The highest BCUT2D eigenvalue weighted by Gasteiger charge is 2.27. The lowest BCUT2D eigenvalue weighted by atomic mass is 10.1. The summed E-state index contributed by atoms with van der Waals surface area (Å²) in [5.74, 6) is -2.10. The number of hydrogen-bond acceptors (Lipinski definition) is 3. The summed E-state index contributed by atoms with van der Waals surface area (Å²) in [6.07, 6.45) is 0.635. The SMILES string of the molecule is O=C(O)C1CCN(Cc2ccc(O)c(F)c2)C1. The number of likely N-dealkylation sites (tertiary alicyclic amines) is 1. The number of benzene rings is 1. The van der Waals surface area contributed by atoms with Gasteiger partial charge in [-0.2, -0.15) is 0 Å². The van der Waals surface area contributed by atoms with Crippen LogP contribution in [0.2, 0.25) is 0 Å². The molecule has 0 aromatic heterocycles. The molecule has 1 aliphatic rings. The summed E-state index contributed by atoms with van der Waals surface area (Å²) in [5, 5.41) is 17.9. The van der Waals surface area contributed by atoms with Crippen LogP contribution in [-0.2, 0) is 11.3 Å². The van der Waals surface area contributed by atoms with Gasteiger partial charge in [0.1, 0.15) is 0 Å². The first-order chi connectivity index (χ1) is 8.06. The van der Waals surface area contributed by atoms with Gasteiger partial charge in [-0.15, -0.1) is 0 Å².